The summed E-state index contributed by atoms with van der Waals surface area (Å²) in [4.78, 5) is 5.78. The van der Waals surface area contributed by atoms with Gasteiger partial charge in [0.15, 0.2) is 0 Å². The summed E-state index contributed by atoms with van der Waals surface area (Å²) < 4.78 is 5.88. The van der Waals surface area contributed by atoms with E-state index in [1.807, 2.05) is 0 Å². The number of ether oxygens (including phenoxy) is 1. The summed E-state index contributed by atoms with van der Waals surface area (Å²) in [7, 11) is 0. The lowest BCUT2D eigenvalue weighted by Crippen LogP contribution is -2.24. The summed E-state index contributed by atoms with van der Waals surface area (Å²) in [6.45, 7) is 6.84. The Kier molecular flexibility index (Phi) is 5.60. The maximum atomic E-state index is 5.88. The van der Waals surface area contributed by atoms with Gasteiger partial charge in [0.25, 0.3) is 0 Å². The van der Waals surface area contributed by atoms with Crippen molar-refractivity contribution in [1.29, 1.82) is 0 Å². The van der Waals surface area contributed by atoms with Crippen molar-refractivity contribution in [2.45, 2.75) is 58.6 Å². The van der Waals surface area contributed by atoms with Gasteiger partial charge in [0, 0.05) is 18.0 Å². The molecule has 0 radical (unpaired) electrons. The van der Waals surface area contributed by atoms with Crippen LogP contribution in [0.5, 0.6) is 0 Å². The van der Waals surface area contributed by atoms with Gasteiger partial charge in [-0.2, -0.15) is 0 Å². The van der Waals surface area contributed by atoms with Crippen molar-refractivity contribution in [3.63, 3.8) is 0 Å². The van der Waals surface area contributed by atoms with Gasteiger partial charge in [-0.15, -0.1) is 11.3 Å². The monoisotopic (exact) mass is 268 g/mol. The molecule has 0 saturated heterocycles. The number of aromatic nitrogens is 1. The Hall–Kier alpha value is -0.450. The lowest BCUT2D eigenvalue weighted by Gasteiger charge is -2.21. The molecule has 1 heterocycles. The fraction of sp³-hybridized carbons (Fsp3) is 0.786. The fourth-order valence-electron chi connectivity index (χ4n) is 2.47. The third-order valence-corrected chi connectivity index (χ3v) is 4.54. The van der Waals surface area contributed by atoms with Crippen LogP contribution in [0, 0.1) is 13.8 Å². The molecule has 1 saturated carbocycles. The summed E-state index contributed by atoms with van der Waals surface area (Å²) in [6.07, 6.45) is 7.12. The standard InChI is InChI=1S/C14H24N2OS/c1-11-14(18-12(2)16-11)10-15-8-9-17-13-6-4-3-5-7-13/h13,15H,3-10H2,1-2H3. The fourth-order valence-corrected chi connectivity index (χ4v) is 3.38. The van der Waals surface area contributed by atoms with Gasteiger partial charge in [0.2, 0.25) is 0 Å². The zero-order valence-corrected chi connectivity index (χ0v) is 12.3. The Labute approximate surface area is 114 Å². The molecule has 102 valence electrons. The first kappa shape index (κ1) is 14.0. The van der Waals surface area contributed by atoms with E-state index in [1.165, 1.54) is 37.0 Å². The normalized spacial score (nSPS) is 17.2. The van der Waals surface area contributed by atoms with E-state index in [2.05, 4.69) is 24.1 Å². The third-order valence-electron chi connectivity index (χ3n) is 3.47. The summed E-state index contributed by atoms with van der Waals surface area (Å²) in [5.74, 6) is 0. The second-order valence-electron chi connectivity index (χ2n) is 5.05. The molecular formula is C14H24N2OS. The number of thiazole rings is 1. The molecule has 0 atom stereocenters. The molecule has 1 N–H and O–H groups in total. The lowest BCUT2D eigenvalue weighted by atomic mass is 9.98. The first-order chi connectivity index (χ1) is 8.75. The van der Waals surface area contributed by atoms with E-state index in [-0.39, 0.29) is 0 Å². The molecule has 3 nitrogen and oxygen atoms in total. The van der Waals surface area contributed by atoms with Crippen LogP contribution in [-0.2, 0) is 11.3 Å². The predicted molar refractivity (Wildman–Crippen MR) is 76.1 cm³/mol. The largest absolute Gasteiger partial charge is 0.377 e. The summed E-state index contributed by atoms with van der Waals surface area (Å²) in [6, 6.07) is 0. The zero-order valence-electron chi connectivity index (χ0n) is 11.5. The van der Waals surface area contributed by atoms with Crippen molar-refractivity contribution in [2.24, 2.45) is 0 Å². The van der Waals surface area contributed by atoms with Crippen molar-refractivity contribution in [1.82, 2.24) is 10.3 Å². The van der Waals surface area contributed by atoms with Crippen LogP contribution in [0.25, 0.3) is 0 Å². The molecule has 1 aliphatic rings. The molecule has 0 bridgehead atoms. The smallest absolute Gasteiger partial charge is 0.0900 e. The lowest BCUT2D eigenvalue weighted by molar-refractivity contribution is 0.0302. The average Bonchev–Trinajstić information content (AvgIpc) is 2.69. The second kappa shape index (κ2) is 7.22. The summed E-state index contributed by atoms with van der Waals surface area (Å²) in [5.41, 5.74) is 1.16. The maximum Gasteiger partial charge on any atom is 0.0900 e. The van der Waals surface area contributed by atoms with Gasteiger partial charge in [0.1, 0.15) is 0 Å². The van der Waals surface area contributed by atoms with E-state index < -0.39 is 0 Å². The molecule has 0 spiro atoms. The first-order valence-corrected chi connectivity index (χ1v) is 7.82. The van der Waals surface area contributed by atoms with Gasteiger partial charge in [-0.3, -0.25) is 0 Å². The SMILES string of the molecule is Cc1nc(C)c(CNCCOC2CCCCC2)s1. The summed E-state index contributed by atoms with van der Waals surface area (Å²) in [5, 5.41) is 4.60. The van der Waals surface area contributed by atoms with Crippen molar-refractivity contribution < 1.29 is 4.74 Å². The predicted octanol–water partition coefficient (Wildman–Crippen LogP) is 3.20. The van der Waals surface area contributed by atoms with E-state index in [4.69, 9.17) is 4.74 Å². The molecule has 0 aliphatic heterocycles. The minimum Gasteiger partial charge on any atom is -0.377 e. The van der Waals surface area contributed by atoms with E-state index in [0.717, 1.165) is 30.4 Å². The van der Waals surface area contributed by atoms with Gasteiger partial charge in [-0.1, -0.05) is 19.3 Å². The van der Waals surface area contributed by atoms with Crippen molar-refractivity contribution in [3.05, 3.63) is 15.6 Å². The minimum atomic E-state index is 0.521. The Morgan fingerprint density at radius 3 is 2.72 bits per heavy atom. The van der Waals surface area contributed by atoms with E-state index in [1.54, 1.807) is 11.3 Å². The Morgan fingerprint density at radius 1 is 1.28 bits per heavy atom. The molecule has 2 rings (SSSR count). The summed E-state index contributed by atoms with van der Waals surface area (Å²) >= 11 is 1.79. The van der Waals surface area contributed by atoms with Crippen molar-refractivity contribution in [2.75, 3.05) is 13.2 Å². The Morgan fingerprint density at radius 2 is 2.06 bits per heavy atom. The molecule has 0 aromatic carbocycles. The minimum absolute atomic E-state index is 0.521. The molecule has 18 heavy (non-hydrogen) atoms. The van der Waals surface area contributed by atoms with Crippen LogP contribution in [0.3, 0.4) is 0 Å². The third kappa shape index (κ3) is 4.34. The maximum absolute atomic E-state index is 5.88. The molecule has 1 aromatic rings. The van der Waals surface area contributed by atoms with E-state index in [9.17, 15) is 0 Å². The van der Waals surface area contributed by atoms with Crippen LogP contribution >= 0.6 is 11.3 Å². The van der Waals surface area contributed by atoms with Crippen LogP contribution in [-0.4, -0.2) is 24.2 Å². The zero-order chi connectivity index (χ0) is 12.8. The Balaban J connectivity index is 1.57. The average molecular weight is 268 g/mol. The highest BCUT2D eigenvalue weighted by Gasteiger charge is 2.13. The van der Waals surface area contributed by atoms with Crippen molar-refractivity contribution in [3.8, 4) is 0 Å². The molecular weight excluding hydrogens is 244 g/mol. The first-order valence-electron chi connectivity index (χ1n) is 7.01. The number of nitrogens with one attached hydrogen (secondary N) is 1. The highest BCUT2D eigenvalue weighted by Crippen LogP contribution is 2.20. The molecule has 4 heteroatoms. The van der Waals surface area contributed by atoms with Gasteiger partial charge in [-0.25, -0.2) is 4.98 Å². The quantitative estimate of drug-likeness (QED) is 0.805. The van der Waals surface area contributed by atoms with Crippen LogP contribution in [0.4, 0.5) is 0 Å². The molecule has 0 unspecified atom stereocenters. The molecule has 1 fully saturated rings. The van der Waals surface area contributed by atoms with Crippen LogP contribution < -0.4 is 5.32 Å². The van der Waals surface area contributed by atoms with Crippen LogP contribution in [0.2, 0.25) is 0 Å². The van der Waals surface area contributed by atoms with Crippen molar-refractivity contribution >= 4 is 11.3 Å². The van der Waals surface area contributed by atoms with Crippen LogP contribution in [0.1, 0.15) is 47.7 Å². The van der Waals surface area contributed by atoms with Gasteiger partial charge in [-0.05, 0) is 26.7 Å². The Bertz CT molecular complexity index is 359. The van der Waals surface area contributed by atoms with E-state index >= 15 is 0 Å². The topological polar surface area (TPSA) is 34.2 Å². The number of rotatable bonds is 6. The highest BCUT2D eigenvalue weighted by molar-refractivity contribution is 7.11. The molecule has 0 amide bonds. The van der Waals surface area contributed by atoms with Gasteiger partial charge < -0.3 is 10.1 Å². The molecule has 1 aromatic heterocycles. The van der Waals surface area contributed by atoms with E-state index in [0.29, 0.717) is 6.10 Å². The van der Waals surface area contributed by atoms with Crippen LogP contribution in [0.15, 0.2) is 0 Å². The van der Waals surface area contributed by atoms with Gasteiger partial charge >= 0.3 is 0 Å². The molecule has 1 aliphatic carbocycles. The number of hydrogen-bond donors (Lipinski definition) is 1. The number of nitrogens with zero attached hydrogens (tertiary/aromatic N) is 1. The number of aryl methyl sites for hydroxylation is 2. The highest BCUT2D eigenvalue weighted by atomic mass is 32.1. The number of hydrogen-bond acceptors (Lipinski definition) is 4. The van der Waals surface area contributed by atoms with Gasteiger partial charge in [0.05, 0.1) is 23.4 Å². The second-order valence-corrected chi connectivity index (χ2v) is 6.34.